The van der Waals surface area contributed by atoms with Gasteiger partial charge in [-0.1, -0.05) is 6.42 Å². The second kappa shape index (κ2) is 2.34. The second-order valence-electron chi connectivity index (χ2n) is 3.99. The highest BCUT2D eigenvalue weighted by Crippen LogP contribution is 2.51. The van der Waals surface area contributed by atoms with Gasteiger partial charge in [-0.3, -0.25) is 0 Å². The first-order valence-electron chi connectivity index (χ1n) is 4.34. The predicted octanol–water partition coefficient (Wildman–Crippen LogP) is 0.585. The van der Waals surface area contributed by atoms with Crippen molar-refractivity contribution in [1.29, 1.82) is 0 Å². The molecular weight excluding hydrogens is 140 g/mol. The first-order valence-corrected chi connectivity index (χ1v) is 5.49. The van der Waals surface area contributed by atoms with Crippen LogP contribution in [0.3, 0.4) is 0 Å². The van der Waals surface area contributed by atoms with Crippen LogP contribution >= 0.6 is 0 Å². The lowest BCUT2D eigenvalue weighted by molar-refractivity contribution is 0.0576. The summed E-state index contributed by atoms with van der Waals surface area (Å²) in [6.07, 6.45) is 5.00. The molecule has 4 atom stereocenters. The Morgan fingerprint density at radius 2 is 2.10 bits per heavy atom. The van der Waals surface area contributed by atoms with Gasteiger partial charge in [0.25, 0.3) is 0 Å². The molecule has 2 aliphatic carbocycles. The minimum Gasteiger partial charge on any atom is -0.381 e. The van der Waals surface area contributed by atoms with Crippen LogP contribution in [0.15, 0.2) is 0 Å². The van der Waals surface area contributed by atoms with Crippen LogP contribution in [0.1, 0.15) is 19.3 Å². The molecule has 2 fully saturated rings. The average molecular weight is 156 g/mol. The molecule has 0 aliphatic heterocycles. The van der Waals surface area contributed by atoms with Crippen molar-refractivity contribution in [1.82, 2.24) is 0 Å². The van der Waals surface area contributed by atoms with Crippen molar-refractivity contribution >= 4 is 10.2 Å². The summed E-state index contributed by atoms with van der Waals surface area (Å²) in [5, 5.41) is 0. The summed E-state index contributed by atoms with van der Waals surface area (Å²) in [4.78, 5) is 0. The molecule has 0 heterocycles. The van der Waals surface area contributed by atoms with Gasteiger partial charge in [0.1, 0.15) is 0 Å². The maximum atomic E-state index is 5.44. The van der Waals surface area contributed by atoms with E-state index in [1.54, 1.807) is 0 Å². The largest absolute Gasteiger partial charge is 0.381 e. The van der Waals surface area contributed by atoms with E-state index < -0.39 is 0 Å². The standard InChI is InChI=1S/C8H16OSi/c1-9-7-3-5-2-6(7)8(10)4-5/h5-8H,2-4H2,1,10H3. The second-order valence-corrected chi connectivity index (χ2v) is 5.47. The molecule has 2 heteroatoms. The normalized spacial score (nSPS) is 52.5. The van der Waals surface area contributed by atoms with E-state index in [-0.39, 0.29) is 0 Å². The maximum Gasteiger partial charge on any atom is 0.0601 e. The summed E-state index contributed by atoms with van der Waals surface area (Å²) in [7, 11) is 3.26. The molecule has 2 aliphatic rings. The van der Waals surface area contributed by atoms with Crippen molar-refractivity contribution in [2.75, 3.05) is 7.11 Å². The van der Waals surface area contributed by atoms with Gasteiger partial charge in [-0.25, -0.2) is 0 Å². The van der Waals surface area contributed by atoms with Crippen LogP contribution in [0.2, 0.25) is 5.54 Å². The minimum absolute atomic E-state index is 0.640. The molecule has 0 spiro atoms. The molecule has 10 heavy (non-hydrogen) atoms. The van der Waals surface area contributed by atoms with Gasteiger partial charge in [0.05, 0.1) is 6.10 Å². The fourth-order valence-corrected chi connectivity index (χ4v) is 4.27. The molecule has 0 amide bonds. The Balaban J connectivity index is 2.06. The average Bonchev–Trinajstić information content (AvgIpc) is 2.44. The molecule has 2 saturated carbocycles. The van der Waals surface area contributed by atoms with Gasteiger partial charge < -0.3 is 4.74 Å². The molecule has 0 aromatic rings. The van der Waals surface area contributed by atoms with E-state index in [2.05, 4.69) is 0 Å². The molecule has 0 radical (unpaired) electrons. The van der Waals surface area contributed by atoms with Crippen LogP contribution in [0.5, 0.6) is 0 Å². The zero-order valence-corrected chi connectivity index (χ0v) is 8.84. The van der Waals surface area contributed by atoms with E-state index in [9.17, 15) is 0 Å². The van der Waals surface area contributed by atoms with Crippen LogP contribution in [0.4, 0.5) is 0 Å². The van der Waals surface area contributed by atoms with Crippen LogP contribution in [-0.4, -0.2) is 23.5 Å². The summed E-state index contributed by atoms with van der Waals surface area (Å²) >= 11 is 0. The Hall–Kier alpha value is 0.177. The zero-order valence-electron chi connectivity index (χ0n) is 6.84. The lowest BCUT2D eigenvalue weighted by Gasteiger charge is -2.25. The highest BCUT2D eigenvalue weighted by Gasteiger charge is 2.43. The van der Waals surface area contributed by atoms with E-state index in [1.807, 2.05) is 7.11 Å². The molecule has 0 N–H and O–H groups in total. The van der Waals surface area contributed by atoms with Gasteiger partial charge in [0, 0.05) is 17.4 Å². The van der Waals surface area contributed by atoms with Gasteiger partial charge in [-0.15, -0.1) is 0 Å². The molecule has 2 bridgehead atoms. The fourth-order valence-electron chi connectivity index (χ4n) is 2.90. The third kappa shape index (κ3) is 0.856. The van der Waals surface area contributed by atoms with Crippen molar-refractivity contribution in [2.45, 2.75) is 30.9 Å². The highest BCUT2D eigenvalue weighted by atomic mass is 28.1. The number of fused-ring (bicyclic) bond motifs is 2. The molecule has 0 aromatic carbocycles. The summed E-state index contributed by atoms with van der Waals surface area (Å²) in [6, 6.07) is 0. The van der Waals surface area contributed by atoms with Crippen LogP contribution in [-0.2, 0) is 4.74 Å². The Morgan fingerprint density at radius 3 is 2.50 bits per heavy atom. The van der Waals surface area contributed by atoms with Gasteiger partial charge in [-0.05, 0) is 30.2 Å². The summed E-state index contributed by atoms with van der Waals surface area (Å²) < 4.78 is 5.44. The number of rotatable bonds is 1. The van der Waals surface area contributed by atoms with E-state index in [1.165, 1.54) is 29.5 Å². The van der Waals surface area contributed by atoms with Crippen molar-refractivity contribution in [3.05, 3.63) is 0 Å². The number of ether oxygens (including phenoxy) is 1. The molecule has 1 nitrogen and oxygen atoms in total. The number of methoxy groups -OCH3 is 1. The van der Waals surface area contributed by atoms with Crippen LogP contribution in [0, 0.1) is 11.8 Å². The van der Waals surface area contributed by atoms with E-state index >= 15 is 0 Å². The Kier molecular flexibility index (Phi) is 1.61. The molecule has 2 rings (SSSR count). The monoisotopic (exact) mass is 156 g/mol. The lowest BCUT2D eigenvalue weighted by atomic mass is 9.97. The van der Waals surface area contributed by atoms with Crippen molar-refractivity contribution in [3.63, 3.8) is 0 Å². The highest BCUT2D eigenvalue weighted by molar-refractivity contribution is 6.12. The topological polar surface area (TPSA) is 9.23 Å². The summed E-state index contributed by atoms with van der Waals surface area (Å²) in [5.41, 5.74) is 1.07. The third-order valence-corrected chi connectivity index (χ3v) is 4.72. The zero-order chi connectivity index (χ0) is 7.14. The van der Waals surface area contributed by atoms with Crippen molar-refractivity contribution in [2.24, 2.45) is 11.8 Å². The predicted molar refractivity (Wildman–Crippen MR) is 45.3 cm³/mol. The first-order chi connectivity index (χ1) is 4.81. The Bertz CT molecular complexity index is 135. The van der Waals surface area contributed by atoms with Crippen LogP contribution in [0.25, 0.3) is 0 Å². The number of hydrogen-bond acceptors (Lipinski definition) is 1. The van der Waals surface area contributed by atoms with Crippen LogP contribution < -0.4 is 0 Å². The van der Waals surface area contributed by atoms with E-state index in [4.69, 9.17) is 4.74 Å². The number of hydrogen-bond donors (Lipinski definition) is 0. The molecule has 58 valence electrons. The molecule has 0 aromatic heterocycles. The van der Waals surface area contributed by atoms with Gasteiger partial charge in [-0.2, -0.15) is 0 Å². The van der Waals surface area contributed by atoms with Crippen molar-refractivity contribution in [3.8, 4) is 0 Å². The fraction of sp³-hybridized carbons (Fsp3) is 1.00. The Labute approximate surface area is 65.6 Å². The third-order valence-electron chi connectivity index (χ3n) is 3.39. The Morgan fingerprint density at radius 1 is 1.30 bits per heavy atom. The summed E-state index contributed by atoms with van der Waals surface area (Å²) in [5.74, 6) is 2.00. The quantitative estimate of drug-likeness (QED) is 0.505. The maximum absolute atomic E-state index is 5.44. The minimum atomic E-state index is 0.640. The van der Waals surface area contributed by atoms with Gasteiger partial charge in [0.2, 0.25) is 0 Å². The van der Waals surface area contributed by atoms with Gasteiger partial charge in [0.15, 0.2) is 0 Å². The smallest absolute Gasteiger partial charge is 0.0601 e. The SMILES string of the molecule is COC1CC2CC([SiH3])C1C2. The lowest BCUT2D eigenvalue weighted by Crippen LogP contribution is -2.22. The van der Waals surface area contributed by atoms with Crippen molar-refractivity contribution < 1.29 is 4.74 Å². The van der Waals surface area contributed by atoms with Gasteiger partial charge >= 0.3 is 0 Å². The van der Waals surface area contributed by atoms with E-state index in [0.717, 1.165) is 17.4 Å². The first kappa shape index (κ1) is 6.86. The molecule has 4 unspecified atom stereocenters. The molecule has 0 saturated heterocycles. The molecular formula is C8H16OSi. The summed E-state index contributed by atoms with van der Waals surface area (Å²) in [6.45, 7) is 0. The van der Waals surface area contributed by atoms with E-state index in [0.29, 0.717) is 6.10 Å².